The van der Waals surface area contributed by atoms with Gasteiger partial charge in [0.05, 0.1) is 24.4 Å². The van der Waals surface area contributed by atoms with Gasteiger partial charge in [0.2, 0.25) is 0 Å². The molecule has 3 aromatic carbocycles. The number of rotatable bonds is 6. The first-order chi connectivity index (χ1) is 14.7. The van der Waals surface area contributed by atoms with Gasteiger partial charge >= 0.3 is 0 Å². The van der Waals surface area contributed by atoms with Crippen LogP contribution in [0.1, 0.15) is 28.3 Å². The van der Waals surface area contributed by atoms with E-state index in [-0.39, 0.29) is 5.92 Å². The number of methoxy groups -OCH3 is 1. The van der Waals surface area contributed by atoms with E-state index in [4.69, 9.17) is 15.7 Å². The molecule has 0 saturated carbocycles. The predicted octanol–water partition coefficient (Wildman–Crippen LogP) is 5.65. The average Bonchev–Trinajstić information content (AvgIpc) is 3.24. The molecule has 4 rings (SSSR count). The van der Waals surface area contributed by atoms with Crippen LogP contribution in [0.5, 0.6) is 5.75 Å². The topological polar surface area (TPSA) is 71.9 Å². The van der Waals surface area contributed by atoms with Crippen LogP contribution in [0.2, 0.25) is 0 Å². The summed E-state index contributed by atoms with van der Waals surface area (Å²) in [5.74, 6) is 0.941. The Hall–Kier alpha value is -3.62. The number of thiazole rings is 1. The zero-order chi connectivity index (χ0) is 20.9. The summed E-state index contributed by atoms with van der Waals surface area (Å²) in [6.45, 7) is 0. The molecule has 1 aromatic heterocycles. The summed E-state index contributed by atoms with van der Waals surface area (Å²) in [6, 6.07) is 26.5. The van der Waals surface area contributed by atoms with Crippen molar-refractivity contribution in [1.29, 1.82) is 5.26 Å². The summed E-state index contributed by atoms with van der Waals surface area (Å²) in [5.41, 5.74) is 12.1. The molecule has 30 heavy (non-hydrogen) atoms. The zero-order valence-electron chi connectivity index (χ0n) is 16.6. The van der Waals surface area contributed by atoms with E-state index in [2.05, 4.69) is 47.5 Å². The Labute approximate surface area is 180 Å². The number of nitrogens with two attached hydrogens (primary N) is 1. The second-order valence-corrected chi connectivity index (χ2v) is 7.92. The maximum absolute atomic E-state index is 9.13. The first-order valence-corrected chi connectivity index (χ1v) is 10.5. The molecule has 0 aliphatic heterocycles. The molecule has 0 aliphatic rings. The fourth-order valence-corrected chi connectivity index (χ4v) is 4.14. The molecule has 148 valence electrons. The van der Waals surface area contributed by atoms with Gasteiger partial charge in [-0.1, -0.05) is 48.5 Å². The van der Waals surface area contributed by atoms with Crippen LogP contribution >= 0.6 is 11.3 Å². The first-order valence-electron chi connectivity index (χ1n) is 9.60. The van der Waals surface area contributed by atoms with Crippen molar-refractivity contribution in [1.82, 2.24) is 4.98 Å². The fraction of sp³-hybridized carbons (Fsp3) is 0.120. The lowest BCUT2D eigenvalue weighted by atomic mass is 9.89. The number of nitriles is 1. The Balaban J connectivity index is 1.61. The minimum absolute atomic E-state index is 0.109. The van der Waals surface area contributed by atoms with E-state index in [9.17, 15) is 0 Å². The second kappa shape index (κ2) is 8.81. The van der Waals surface area contributed by atoms with Gasteiger partial charge in [0.1, 0.15) is 5.75 Å². The molecule has 0 fully saturated rings. The molecule has 4 nitrogen and oxygen atoms in total. The highest BCUT2D eigenvalue weighted by Crippen LogP contribution is 2.32. The van der Waals surface area contributed by atoms with Crippen LogP contribution < -0.4 is 10.5 Å². The van der Waals surface area contributed by atoms with E-state index in [1.807, 2.05) is 41.8 Å². The fourth-order valence-electron chi connectivity index (χ4n) is 3.53. The highest BCUT2D eigenvalue weighted by Gasteiger charge is 2.18. The van der Waals surface area contributed by atoms with E-state index in [1.54, 1.807) is 7.11 Å². The van der Waals surface area contributed by atoms with Gasteiger partial charge in [-0.3, -0.25) is 0 Å². The van der Waals surface area contributed by atoms with Crippen molar-refractivity contribution in [2.45, 2.75) is 12.3 Å². The zero-order valence-corrected chi connectivity index (χ0v) is 17.4. The van der Waals surface area contributed by atoms with Crippen molar-refractivity contribution in [2.24, 2.45) is 0 Å². The molecule has 0 unspecified atom stereocenters. The van der Waals surface area contributed by atoms with Crippen LogP contribution in [0.25, 0.3) is 11.1 Å². The Morgan fingerprint density at radius 1 is 1.03 bits per heavy atom. The Morgan fingerprint density at radius 2 is 1.80 bits per heavy atom. The van der Waals surface area contributed by atoms with Crippen LogP contribution in [-0.4, -0.2) is 12.1 Å². The lowest BCUT2D eigenvalue weighted by Crippen LogP contribution is -2.06. The maximum atomic E-state index is 9.13. The van der Waals surface area contributed by atoms with Gasteiger partial charge in [-0.15, -0.1) is 11.3 Å². The number of aromatic nitrogens is 1. The number of ether oxygens (including phenoxy) is 1. The van der Waals surface area contributed by atoms with Crippen LogP contribution in [0.15, 0.2) is 78.2 Å². The number of hydrogen-bond acceptors (Lipinski definition) is 5. The first kappa shape index (κ1) is 19.7. The molecule has 0 spiro atoms. The third-order valence-electron chi connectivity index (χ3n) is 5.13. The number of benzene rings is 3. The van der Waals surface area contributed by atoms with Crippen molar-refractivity contribution in [3.8, 4) is 22.9 Å². The number of nitrogens with zero attached hydrogens (tertiary/aromatic N) is 2. The number of nitrogen functional groups attached to an aromatic ring is 1. The summed E-state index contributed by atoms with van der Waals surface area (Å²) < 4.78 is 5.30. The standard InChI is InChI=1S/C25H21N3OS/c1-29-22-11-9-20(10-12-22)23(24-16-30-25(27)28-24)14-17-5-7-19(8-6-17)21-4-2-3-18(13-21)15-26/h2-13,16,23H,14H2,1H3,(H2,27,28)/t23-/m0/s1. The molecule has 5 heteroatoms. The molecule has 1 heterocycles. The van der Waals surface area contributed by atoms with Crippen LogP contribution in [0.3, 0.4) is 0 Å². The lowest BCUT2D eigenvalue weighted by Gasteiger charge is -2.16. The quantitative estimate of drug-likeness (QED) is 0.445. The largest absolute Gasteiger partial charge is 0.497 e. The van der Waals surface area contributed by atoms with Gasteiger partial charge in [0.25, 0.3) is 0 Å². The van der Waals surface area contributed by atoms with E-state index in [0.29, 0.717) is 10.7 Å². The summed E-state index contributed by atoms with van der Waals surface area (Å²) in [5, 5.41) is 11.7. The van der Waals surface area contributed by atoms with Gasteiger partial charge in [0, 0.05) is 11.3 Å². The van der Waals surface area contributed by atoms with E-state index >= 15 is 0 Å². The Kier molecular flexibility index (Phi) is 5.78. The molecular formula is C25H21N3OS. The van der Waals surface area contributed by atoms with Crippen LogP contribution in [0, 0.1) is 11.3 Å². The second-order valence-electron chi connectivity index (χ2n) is 7.03. The smallest absolute Gasteiger partial charge is 0.180 e. The summed E-state index contributed by atoms with van der Waals surface area (Å²) in [4.78, 5) is 4.54. The van der Waals surface area contributed by atoms with Crippen molar-refractivity contribution in [3.05, 3.63) is 101 Å². The highest BCUT2D eigenvalue weighted by molar-refractivity contribution is 7.13. The minimum atomic E-state index is 0.109. The Bertz CT molecular complexity index is 1170. The van der Waals surface area contributed by atoms with E-state index in [1.165, 1.54) is 22.5 Å². The molecule has 0 bridgehead atoms. The van der Waals surface area contributed by atoms with Crippen LogP contribution in [-0.2, 0) is 6.42 Å². The number of hydrogen-bond donors (Lipinski definition) is 1. The molecule has 0 radical (unpaired) electrons. The molecule has 0 aliphatic carbocycles. The summed E-state index contributed by atoms with van der Waals surface area (Å²) in [6.07, 6.45) is 0.814. The normalized spacial score (nSPS) is 11.6. The third-order valence-corrected chi connectivity index (χ3v) is 5.83. The van der Waals surface area contributed by atoms with E-state index in [0.717, 1.165) is 29.0 Å². The van der Waals surface area contributed by atoms with Gasteiger partial charge in [-0.05, 0) is 52.9 Å². The van der Waals surface area contributed by atoms with Crippen molar-refractivity contribution in [3.63, 3.8) is 0 Å². The third kappa shape index (κ3) is 4.35. The lowest BCUT2D eigenvalue weighted by molar-refractivity contribution is 0.414. The van der Waals surface area contributed by atoms with Crippen molar-refractivity contribution >= 4 is 16.5 Å². The van der Waals surface area contributed by atoms with Gasteiger partial charge in [0.15, 0.2) is 5.13 Å². The summed E-state index contributed by atoms with van der Waals surface area (Å²) in [7, 11) is 1.67. The van der Waals surface area contributed by atoms with Gasteiger partial charge in [-0.25, -0.2) is 4.98 Å². The highest BCUT2D eigenvalue weighted by atomic mass is 32.1. The molecule has 0 saturated heterocycles. The average molecular weight is 412 g/mol. The van der Waals surface area contributed by atoms with Gasteiger partial charge < -0.3 is 10.5 Å². The maximum Gasteiger partial charge on any atom is 0.180 e. The van der Waals surface area contributed by atoms with Crippen molar-refractivity contribution < 1.29 is 4.74 Å². The Morgan fingerprint density at radius 3 is 2.43 bits per heavy atom. The van der Waals surface area contributed by atoms with Gasteiger partial charge in [-0.2, -0.15) is 5.26 Å². The summed E-state index contributed by atoms with van der Waals surface area (Å²) >= 11 is 1.46. The van der Waals surface area contributed by atoms with Crippen molar-refractivity contribution in [2.75, 3.05) is 12.8 Å². The predicted molar refractivity (Wildman–Crippen MR) is 122 cm³/mol. The monoisotopic (exact) mass is 411 g/mol. The van der Waals surface area contributed by atoms with Crippen LogP contribution in [0.4, 0.5) is 5.13 Å². The van der Waals surface area contributed by atoms with E-state index < -0.39 is 0 Å². The minimum Gasteiger partial charge on any atom is -0.497 e. The number of anilines is 1. The molecular weight excluding hydrogens is 390 g/mol. The molecule has 1 atom stereocenters. The SMILES string of the molecule is COc1ccc([C@H](Cc2ccc(-c3cccc(C#N)c3)cc2)c2csc(N)n2)cc1. The molecule has 0 amide bonds. The molecule has 4 aromatic rings. The molecule has 2 N–H and O–H groups in total.